The highest BCUT2D eigenvalue weighted by Gasteiger charge is 2.15. The second-order valence-corrected chi connectivity index (χ2v) is 4.10. The summed E-state index contributed by atoms with van der Waals surface area (Å²) < 4.78 is 10.0. The largest absolute Gasteiger partial charge is 0.385 e. The molecule has 6 nitrogen and oxygen atoms in total. The van der Waals surface area contributed by atoms with Crippen LogP contribution in [0.5, 0.6) is 0 Å². The van der Waals surface area contributed by atoms with E-state index in [9.17, 15) is 4.79 Å². The predicted molar refractivity (Wildman–Crippen MR) is 72.9 cm³/mol. The average Bonchev–Trinajstić information content (AvgIpc) is 2.42. The van der Waals surface area contributed by atoms with E-state index in [-0.39, 0.29) is 5.91 Å². The Morgan fingerprint density at radius 1 is 1.32 bits per heavy atom. The topological polar surface area (TPSA) is 77.7 Å². The van der Waals surface area contributed by atoms with Crippen LogP contribution in [0.15, 0.2) is 18.3 Å². The van der Waals surface area contributed by atoms with E-state index >= 15 is 0 Å². The maximum atomic E-state index is 12.3. The molecule has 0 saturated carbocycles. The zero-order valence-electron chi connectivity index (χ0n) is 11.5. The van der Waals surface area contributed by atoms with Crippen molar-refractivity contribution in [2.75, 3.05) is 46.3 Å². The number of methoxy groups -OCH3 is 2. The van der Waals surface area contributed by atoms with Crippen LogP contribution in [0.3, 0.4) is 0 Å². The monoisotopic (exact) mass is 267 g/mol. The van der Waals surface area contributed by atoms with Gasteiger partial charge in [0.25, 0.3) is 5.91 Å². The third-order valence-electron chi connectivity index (χ3n) is 2.66. The Kier molecular flexibility index (Phi) is 6.84. The van der Waals surface area contributed by atoms with Gasteiger partial charge in [0.2, 0.25) is 0 Å². The van der Waals surface area contributed by atoms with E-state index in [4.69, 9.17) is 15.2 Å². The molecular formula is C13H21N3O3. The molecule has 1 heterocycles. The fourth-order valence-electron chi connectivity index (χ4n) is 1.68. The Morgan fingerprint density at radius 3 is 2.68 bits per heavy atom. The first-order chi connectivity index (χ1) is 9.19. The number of nitrogens with two attached hydrogens (primary N) is 1. The van der Waals surface area contributed by atoms with Gasteiger partial charge >= 0.3 is 0 Å². The minimum atomic E-state index is -0.0674. The molecule has 6 heteroatoms. The van der Waals surface area contributed by atoms with Crippen molar-refractivity contribution in [1.82, 2.24) is 9.88 Å². The standard InChI is InChI=1S/C13H21N3O3/c1-18-8-3-6-16(7-9-19-2)13(17)11-4-5-15-12(14)10-11/h4-5,10H,3,6-9H2,1-2H3,(H2,14,15). The van der Waals surface area contributed by atoms with E-state index in [0.29, 0.717) is 37.7 Å². The van der Waals surface area contributed by atoms with Gasteiger partial charge in [0.15, 0.2) is 0 Å². The summed E-state index contributed by atoms with van der Waals surface area (Å²) in [4.78, 5) is 18.0. The highest BCUT2D eigenvalue weighted by Crippen LogP contribution is 2.08. The maximum Gasteiger partial charge on any atom is 0.254 e. The lowest BCUT2D eigenvalue weighted by molar-refractivity contribution is 0.0674. The molecule has 0 spiro atoms. The first-order valence-corrected chi connectivity index (χ1v) is 6.17. The van der Waals surface area contributed by atoms with E-state index in [2.05, 4.69) is 4.98 Å². The number of rotatable bonds is 8. The Balaban J connectivity index is 2.69. The second-order valence-electron chi connectivity index (χ2n) is 4.10. The van der Waals surface area contributed by atoms with Crippen molar-refractivity contribution in [3.8, 4) is 0 Å². The zero-order valence-corrected chi connectivity index (χ0v) is 11.5. The first kappa shape index (κ1) is 15.4. The molecule has 0 bridgehead atoms. The molecule has 0 saturated heterocycles. The van der Waals surface area contributed by atoms with Crippen molar-refractivity contribution in [3.05, 3.63) is 23.9 Å². The maximum absolute atomic E-state index is 12.3. The number of nitrogens with zero attached hydrogens (tertiary/aromatic N) is 2. The van der Waals surface area contributed by atoms with Gasteiger partial charge in [-0.05, 0) is 18.6 Å². The second kappa shape index (κ2) is 8.44. The molecule has 0 aromatic carbocycles. The summed E-state index contributed by atoms with van der Waals surface area (Å²) in [5.41, 5.74) is 6.13. The van der Waals surface area contributed by atoms with Crippen LogP contribution in [0.2, 0.25) is 0 Å². The summed E-state index contributed by atoms with van der Waals surface area (Å²) in [7, 11) is 3.26. The van der Waals surface area contributed by atoms with Gasteiger partial charge in [0.1, 0.15) is 5.82 Å². The van der Waals surface area contributed by atoms with E-state index in [0.717, 1.165) is 6.42 Å². The quantitative estimate of drug-likeness (QED) is 0.705. The predicted octanol–water partition coefficient (Wildman–Crippen LogP) is 0.789. The molecule has 0 unspecified atom stereocenters. The van der Waals surface area contributed by atoms with Crippen LogP contribution in [0.25, 0.3) is 0 Å². The summed E-state index contributed by atoms with van der Waals surface area (Å²) in [6.07, 6.45) is 2.32. The van der Waals surface area contributed by atoms with Crippen LogP contribution >= 0.6 is 0 Å². The number of carbonyl (C=O) groups excluding carboxylic acids is 1. The number of ether oxygens (including phenoxy) is 2. The van der Waals surface area contributed by atoms with Crippen LogP contribution in [-0.4, -0.2) is 56.3 Å². The SMILES string of the molecule is COCCCN(CCOC)C(=O)c1ccnc(N)c1. The number of hydrogen-bond donors (Lipinski definition) is 1. The first-order valence-electron chi connectivity index (χ1n) is 6.17. The van der Waals surface area contributed by atoms with E-state index in [1.807, 2.05) is 0 Å². The van der Waals surface area contributed by atoms with Gasteiger partial charge in [0, 0.05) is 45.7 Å². The van der Waals surface area contributed by atoms with Crippen LogP contribution in [0.1, 0.15) is 16.8 Å². The molecule has 106 valence electrons. The minimum Gasteiger partial charge on any atom is -0.385 e. The lowest BCUT2D eigenvalue weighted by atomic mass is 10.2. The molecular weight excluding hydrogens is 246 g/mol. The molecule has 0 aliphatic rings. The summed E-state index contributed by atoms with van der Waals surface area (Å²) in [5, 5.41) is 0. The Labute approximate surface area is 113 Å². The van der Waals surface area contributed by atoms with Crippen molar-refractivity contribution in [1.29, 1.82) is 0 Å². The average molecular weight is 267 g/mol. The molecule has 2 N–H and O–H groups in total. The van der Waals surface area contributed by atoms with E-state index < -0.39 is 0 Å². The number of nitrogen functional groups attached to an aromatic ring is 1. The number of anilines is 1. The lowest BCUT2D eigenvalue weighted by Gasteiger charge is -2.22. The molecule has 19 heavy (non-hydrogen) atoms. The van der Waals surface area contributed by atoms with Crippen molar-refractivity contribution in [3.63, 3.8) is 0 Å². The van der Waals surface area contributed by atoms with Gasteiger partial charge in [-0.15, -0.1) is 0 Å². The fraction of sp³-hybridized carbons (Fsp3) is 0.538. The number of carbonyl (C=O) groups is 1. The van der Waals surface area contributed by atoms with Crippen LogP contribution in [0, 0.1) is 0 Å². The highest BCUT2D eigenvalue weighted by atomic mass is 16.5. The molecule has 1 amide bonds. The van der Waals surface area contributed by atoms with Crippen molar-refractivity contribution >= 4 is 11.7 Å². The molecule has 0 fully saturated rings. The third-order valence-corrected chi connectivity index (χ3v) is 2.66. The third kappa shape index (κ3) is 5.23. The van der Waals surface area contributed by atoms with Gasteiger partial charge in [-0.2, -0.15) is 0 Å². The Morgan fingerprint density at radius 2 is 2.05 bits per heavy atom. The van der Waals surface area contributed by atoms with E-state index in [1.165, 1.54) is 6.20 Å². The van der Waals surface area contributed by atoms with Gasteiger partial charge < -0.3 is 20.1 Å². The van der Waals surface area contributed by atoms with Gasteiger partial charge in [-0.3, -0.25) is 4.79 Å². The minimum absolute atomic E-state index is 0.0674. The normalized spacial score (nSPS) is 10.4. The fourth-order valence-corrected chi connectivity index (χ4v) is 1.68. The summed E-state index contributed by atoms with van der Waals surface area (Å²) in [6, 6.07) is 3.24. The number of amides is 1. The van der Waals surface area contributed by atoms with Crippen molar-refractivity contribution in [2.24, 2.45) is 0 Å². The van der Waals surface area contributed by atoms with Crippen LogP contribution in [-0.2, 0) is 9.47 Å². The Bertz CT molecular complexity index is 398. The van der Waals surface area contributed by atoms with Crippen LogP contribution in [0.4, 0.5) is 5.82 Å². The molecule has 0 aliphatic heterocycles. The molecule has 0 aliphatic carbocycles. The number of aromatic nitrogens is 1. The highest BCUT2D eigenvalue weighted by molar-refractivity contribution is 5.94. The number of hydrogen-bond acceptors (Lipinski definition) is 5. The molecule has 1 aromatic heterocycles. The summed E-state index contributed by atoms with van der Waals surface area (Å²) >= 11 is 0. The number of pyridine rings is 1. The summed E-state index contributed by atoms with van der Waals surface area (Å²) in [5.74, 6) is 0.275. The Hall–Kier alpha value is -1.66. The van der Waals surface area contributed by atoms with Gasteiger partial charge in [-0.25, -0.2) is 4.98 Å². The van der Waals surface area contributed by atoms with Crippen molar-refractivity contribution in [2.45, 2.75) is 6.42 Å². The van der Waals surface area contributed by atoms with Gasteiger partial charge in [0.05, 0.1) is 6.61 Å². The smallest absolute Gasteiger partial charge is 0.254 e. The van der Waals surface area contributed by atoms with Crippen molar-refractivity contribution < 1.29 is 14.3 Å². The molecule has 0 atom stereocenters. The molecule has 0 radical (unpaired) electrons. The lowest BCUT2D eigenvalue weighted by Crippen LogP contribution is -2.35. The zero-order chi connectivity index (χ0) is 14.1. The van der Waals surface area contributed by atoms with Crippen LogP contribution < -0.4 is 5.73 Å². The molecule has 1 rings (SSSR count). The summed E-state index contributed by atoms with van der Waals surface area (Å²) in [6.45, 7) is 2.29. The molecule has 1 aromatic rings. The van der Waals surface area contributed by atoms with E-state index in [1.54, 1.807) is 31.3 Å². The van der Waals surface area contributed by atoms with Gasteiger partial charge in [-0.1, -0.05) is 0 Å².